The van der Waals surface area contributed by atoms with Crippen molar-refractivity contribution in [2.45, 2.75) is 26.2 Å². The van der Waals surface area contributed by atoms with Gasteiger partial charge >= 0.3 is 0 Å². The van der Waals surface area contributed by atoms with Gasteiger partial charge in [0.2, 0.25) is 0 Å². The van der Waals surface area contributed by atoms with Crippen LogP contribution < -0.4 is 0 Å². The Kier molecular flexibility index (Phi) is 8.48. The zero-order valence-corrected chi connectivity index (χ0v) is 33.4. The number of fused-ring (bicyclic) bond motifs is 5. The smallest absolute Gasteiger partial charge is 0.0537 e. The predicted octanol–water partition coefficient (Wildman–Crippen LogP) is 15.6. The van der Waals surface area contributed by atoms with Gasteiger partial charge in [-0.2, -0.15) is 0 Å². The molecule has 1 heteroatoms. The molecule has 0 N–H and O–H groups in total. The number of aromatic nitrogens is 1. The molecule has 280 valence electrons. The largest absolute Gasteiger partial charge is 0.310 e. The van der Waals surface area contributed by atoms with Gasteiger partial charge in [0.1, 0.15) is 0 Å². The number of nitrogens with zero attached hydrogens (tertiary/aromatic N) is 1. The lowest BCUT2D eigenvalue weighted by molar-refractivity contribution is 0.825. The lowest BCUT2D eigenvalue weighted by Gasteiger charge is -2.21. The summed E-state index contributed by atoms with van der Waals surface area (Å²) in [7, 11) is 0. The van der Waals surface area contributed by atoms with E-state index in [1.165, 1.54) is 111 Å². The van der Waals surface area contributed by atoms with Crippen molar-refractivity contribution in [1.82, 2.24) is 4.57 Å². The van der Waals surface area contributed by atoms with Gasteiger partial charge in [0.25, 0.3) is 0 Å². The van der Waals surface area contributed by atoms with E-state index in [4.69, 9.17) is 0 Å². The lowest BCUT2D eigenvalue weighted by atomic mass is 9.83. The van der Waals surface area contributed by atoms with Gasteiger partial charge in [0.05, 0.1) is 5.52 Å². The first-order valence-electron chi connectivity index (χ1n) is 20.8. The summed E-state index contributed by atoms with van der Waals surface area (Å²) in [5, 5.41) is 6.49. The van der Waals surface area contributed by atoms with Crippen molar-refractivity contribution in [2.24, 2.45) is 0 Å². The van der Waals surface area contributed by atoms with E-state index < -0.39 is 0 Å². The standard InChI is InChI=1S/C58H43N/c1-38-35-53-54(36-39(38)2)58(46-31-27-44(28-32-46)47-33-34-56-52(37-47)49-17-11-12-20-55(49)59(56)48-15-7-4-8-16-48)51-19-10-9-18-50(51)57(53)45-29-25-43(26-30-45)42-23-21-41(22-24-42)40-13-5-3-6-14-40/h3-36,47H,37H2,1-2H3. The molecule has 0 saturated heterocycles. The van der Waals surface area contributed by atoms with Crippen LogP contribution in [0.3, 0.4) is 0 Å². The Balaban J connectivity index is 0.970. The van der Waals surface area contributed by atoms with Crippen molar-refractivity contribution in [3.05, 3.63) is 228 Å². The van der Waals surface area contributed by atoms with E-state index >= 15 is 0 Å². The third-order valence-corrected chi connectivity index (χ3v) is 12.7. The molecule has 1 heterocycles. The van der Waals surface area contributed by atoms with Crippen molar-refractivity contribution in [3.63, 3.8) is 0 Å². The highest BCUT2D eigenvalue weighted by atomic mass is 15.0. The summed E-state index contributed by atoms with van der Waals surface area (Å²) in [6, 6.07) is 71.6. The zero-order chi connectivity index (χ0) is 39.5. The van der Waals surface area contributed by atoms with Gasteiger partial charge in [-0.15, -0.1) is 0 Å². The van der Waals surface area contributed by atoms with Crippen LogP contribution in [0.2, 0.25) is 0 Å². The lowest BCUT2D eigenvalue weighted by Crippen LogP contribution is -2.07. The van der Waals surface area contributed by atoms with E-state index in [1.807, 2.05) is 0 Å². The molecule has 9 aromatic carbocycles. The minimum Gasteiger partial charge on any atom is -0.310 e. The summed E-state index contributed by atoms with van der Waals surface area (Å²) in [6.07, 6.45) is 5.73. The number of allylic oxidation sites excluding steroid dienone is 1. The fourth-order valence-corrected chi connectivity index (χ4v) is 9.57. The zero-order valence-electron chi connectivity index (χ0n) is 33.4. The molecule has 1 aliphatic rings. The summed E-state index contributed by atoms with van der Waals surface area (Å²) >= 11 is 0. The summed E-state index contributed by atoms with van der Waals surface area (Å²) in [6.45, 7) is 4.48. The van der Waals surface area contributed by atoms with E-state index in [-0.39, 0.29) is 0 Å². The first kappa shape index (κ1) is 35.0. The van der Waals surface area contributed by atoms with Gasteiger partial charge in [0, 0.05) is 22.7 Å². The minimum atomic E-state index is 0.303. The molecule has 0 fully saturated rings. The number of para-hydroxylation sites is 2. The first-order chi connectivity index (χ1) is 29.1. The Morgan fingerprint density at radius 1 is 0.407 bits per heavy atom. The second kappa shape index (κ2) is 14.3. The summed E-state index contributed by atoms with van der Waals surface area (Å²) < 4.78 is 2.42. The van der Waals surface area contributed by atoms with Crippen LogP contribution in [0.4, 0.5) is 0 Å². The highest BCUT2D eigenvalue weighted by molar-refractivity contribution is 6.21. The van der Waals surface area contributed by atoms with Crippen LogP contribution in [-0.2, 0) is 6.42 Å². The summed E-state index contributed by atoms with van der Waals surface area (Å²) in [4.78, 5) is 0. The van der Waals surface area contributed by atoms with Crippen LogP contribution in [0.25, 0.3) is 88.7 Å². The molecule has 59 heavy (non-hydrogen) atoms. The third-order valence-electron chi connectivity index (χ3n) is 12.7. The van der Waals surface area contributed by atoms with Crippen LogP contribution in [0.15, 0.2) is 200 Å². The van der Waals surface area contributed by atoms with E-state index in [2.05, 4.69) is 225 Å². The summed E-state index contributed by atoms with van der Waals surface area (Å²) in [5.41, 5.74) is 19.1. The van der Waals surface area contributed by atoms with Crippen molar-refractivity contribution in [3.8, 4) is 50.2 Å². The van der Waals surface area contributed by atoms with Crippen molar-refractivity contribution >= 4 is 38.5 Å². The van der Waals surface area contributed by atoms with Crippen LogP contribution in [-0.4, -0.2) is 4.57 Å². The quantitative estimate of drug-likeness (QED) is 0.149. The maximum Gasteiger partial charge on any atom is 0.0537 e. The molecule has 1 unspecified atom stereocenters. The molecule has 0 bridgehead atoms. The van der Waals surface area contributed by atoms with Gasteiger partial charge in [-0.3, -0.25) is 0 Å². The molecular formula is C58H43N. The number of rotatable bonds is 6. The van der Waals surface area contributed by atoms with E-state index in [0.29, 0.717) is 5.92 Å². The first-order valence-corrected chi connectivity index (χ1v) is 20.8. The molecule has 1 aromatic heterocycles. The topological polar surface area (TPSA) is 4.93 Å². The fraction of sp³-hybridized carbons (Fsp3) is 0.0690. The normalized spacial score (nSPS) is 13.6. The maximum absolute atomic E-state index is 2.42. The monoisotopic (exact) mass is 753 g/mol. The molecule has 0 saturated carbocycles. The predicted molar refractivity (Wildman–Crippen MR) is 251 cm³/mol. The number of benzene rings is 9. The molecular weight excluding hydrogens is 711 g/mol. The van der Waals surface area contributed by atoms with Gasteiger partial charge in [-0.05, 0) is 133 Å². The van der Waals surface area contributed by atoms with Crippen LogP contribution >= 0.6 is 0 Å². The Labute approximate surface area is 346 Å². The second-order valence-electron chi connectivity index (χ2n) is 16.1. The molecule has 10 aromatic rings. The highest BCUT2D eigenvalue weighted by Gasteiger charge is 2.24. The molecule has 0 aliphatic heterocycles. The van der Waals surface area contributed by atoms with Crippen LogP contribution in [0.1, 0.15) is 33.9 Å². The Hall–Kier alpha value is -7.22. The van der Waals surface area contributed by atoms with Crippen molar-refractivity contribution in [1.29, 1.82) is 0 Å². The van der Waals surface area contributed by atoms with Crippen molar-refractivity contribution in [2.75, 3.05) is 0 Å². The molecule has 1 nitrogen and oxygen atoms in total. The Bertz CT molecular complexity index is 3200. The molecule has 0 spiro atoms. The van der Waals surface area contributed by atoms with Crippen LogP contribution in [0.5, 0.6) is 0 Å². The average molecular weight is 754 g/mol. The SMILES string of the molecule is Cc1cc2c(-c3ccc(-c4ccc(-c5ccccc5)cc4)cc3)c3ccccc3c(-c3ccc(C4C=Cc5c(c6ccccc6n5-c5ccccc5)C4)cc3)c2cc1C. The van der Waals surface area contributed by atoms with Gasteiger partial charge in [-0.1, -0.05) is 182 Å². The molecule has 1 aliphatic carbocycles. The second-order valence-corrected chi connectivity index (χ2v) is 16.1. The number of hydrogen-bond acceptors (Lipinski definition) is 0. The minimum absolute atomic E-state index is 0.303. The van der Waals surface area contributed by atoms with Crippen molar-refractivity contribution < 1.29 is 0 Å². The van der Waals surface area contributed by atoms with E-state index in [9.17, 15) is 0 Å². The average Bonchev–Trinajstić information content (AvgIpc) is 3.63. The molecule has 0 amide bonds. The number of hydrogen-bond donors (Lipinski definition) is 0. The van der Waals surface area contributed by atoms with Gasteiger partial charge < -0.3 is 4.57 Å². The fourth-order valence-electron chi connectivity index (χ4n) is 9.57. The Morgan fingerprint density at radius 2 is 0.847 bits per heavy atom. The summed E-state index contributed by atoms with van der Waals surface area (Å²) in [5.74, 6) is 0.303. The molecule has 11 rings (SSSR count). The molecule has 1 atom stereocenters. The maximum atomic E-state index is 2.42. The van der Waals surface area contributed by atoms with E-state index in [0.717, 1.165) is 6.42 Å². The molecule has 0 radical (unpaired) electrons. The highest BCUT2D eigenvalue weighted by Crippen LogP contribution is 2.46. The van der Waals surface area contributed by atoms with Crippen LogP contribution in [0, 0.1) is 13.8 Å². The number of aryl methyl sites for hydroxylation is 2. The van der Waals surface area contributed by atoms with Gasteiger partial charge in [-0.25, -0.2) is 0 Å². The third kappa shape index (κ3) is 6.01. The Morgan fingerprint density at radius 3 is 1.41 bits per heavy atom. The van der Waals surface area contributed by atoms with E-state index in [1.54, 1.807) is 0 Å². The van der Waals surface area contributed by atoms with Gasteiger partial charge in [0.15, 0.2) is 0 Å².